The highest BCUT2D eigenvalue weighted by Gasteiger charge is 2.09. The van der Waals surface area contributed by atoms with Gasteiger partial charge in [-0.2, -0.15) is 5.11 Å². The molecular weight excluding hydrogens is 403 g/mol. The third-order valence-electron chi connectivity index (χ3n) is 5.06. The summed E-state index contributed by atoms with van der Waals surface area (Å²) in [5.74, 6) is 0. The summed E-state index contributed by atoms with van der Waals surface area (Å²) in [5, 5.41) is 9.70. The lowest BCUT2D eigenvalue weighted by Crippen LogP contribution is -2.35. The van der Waals surface area contributed by atoms with Crippen LogP contribution < -0.4 is 4.90 Å². The van der Waals surface area contributed by atoms with Crippen LogP contribution in [0.25, 0.3) is 0 Å². The van der Waals surface area contributed by atoms with Crippen LogP contribution in [0.2, 0.25) is 10.0 Å². The van der Waals surface area contributed by atoms with Crippen molar-refractivity contribution in [3.05, 3.63) is 52.0 Å². The maximum absolute atomic E-state index is 6.36. The van der Waals surface area contributed by atoms with Gasteiger partial charge in [0.15, 0.2) is 0 Å². The second kappa shape index (κ2) is 12.2. The van der Waals surface area contributed by atoms with Crippen molar-refractivity contribution in [1.29, 1.82) is 0 Å². The van der Waals surface area contributed by atoms with Gasteiger partial charge in [0.1, 0.15) is 5.69 Å². The monoisotopic (exact) mass is 434 g/mol. The van der Waals surface area contributed by atoms with Gasteiger partial charge in [0.2, 0.25) is 0 Å². The van der Waals surface area contributed by atoms with E-state index >= 15 is 0 Å². The minimum absolute atomic E-state index is 0.520. The molecule has 0 amide bonds. The van der Waals surface area contributed by atoms with E-state index < -0.39 is 0 Å². The highest BCUT2D eigenvalue weighted by Crippen LogP contribution is 2.36. The fraction of sp³-hybridized carbons (Fsp3) is 0.478. The minimum Gasteiger partial charge on any atom is -0.371 e. The first-order chi connectivity index (χ1) is 14.0. The molecule has 4 nitrogen and oxygen atoms in total. The largest absolute Gasteiger partial charge is 0.371 e. The van der Waals surface area contributed by atoms with E-state index in [4.69, 9.17) is 23.2 Å². The number of likely N-dealkylation sites (N-methyl/N-ethyl adjacent to an activating group) is 2. The van der Waals surface area contributed by atoms with Crippen LogP contribution in [-0.4, -0.2) is 37.6 Å². The summed E-state index contributed by atoms with van der Waals surface area (Å²) >= 11 is 12.7. The van der Waals surface area contributed by atoms with Gasteiger partial charge in [-0.25, -0.2) is 0 Å². The lowest BCUT2D eigenvalue weighted by molar-refractivity contribution is 0.310. The molecule has 6 heteroatoms. The Morgan fingerprint density at radius 2 is 1.41 bits per heavy atom. The van der Waals surface area contributed by atoms with Crippen molar-refractivity contribution in [2.24, 2.45) is 10.2 Å². The Morgan fingerprint density at radius 3 is 1.93 bits per heavy atom. The van der Waals surface area contributed by atoms with E-state index in [1.807, 2.05) is 24.3 Å². The number of hydrogen-bond donors (Lipinski definition) is 0. The summed E-state index contributed by atoms with van der Waals surface area (Å²) in [4.78, 5) is 4.81. The molecule has 2 aromatic carbocycles. The number of nitrogens with zero attached hydrogens (tertiary/aromatic N) is 4. The molecule has 0 aliphatic heterocycles. The standard InChI is InChI=1S/C23H32Cl2N4/c1-5-9-18-16-21(24)23(22(25)17-18)27-26-19-10-12-20(13-11-19)29(8-4)15-14-28(6-2)7-3/h10-13,16-17H,5-9,14-15H2,1-4H3/b27-26+. The van der Waals surface area contributed by atoms with Crippen LogP contribution in [0.4, 0.5) is 17.1 Å². The summed E-state index contributed by atoms with van der Waals surface area (Å²) in [6.45, 7) is 13.9. The molecule has 29 heavy (non-hydrogen) atoms. The van der Waals surface area contributed by atoms with E-state index in [0.29, 0.717) is 15.7 Å². The fourth-order valence-corrected chi connectivity index (χ4v) is 3.86. The molecule has 2 aromatic rings. The maximum atomic E-state index is 6.36. The van der Waals surface area contributed by atoms with Crippen LogP contribution in [0.5, 0.6) is 0 Å². The number of aryl methyl sites for hydroxylation is 1. The van der Waals surface area contributed by atoms with E-state index in [1.165, 1.54) is 5.69 Å². The minimum atomic E-state index is 0.520. The van der Waals surface area contributed by atoms with Crippen molar-refractivity contribution < 1.29 is 0 Å². The lowest BCUT2D eigenvalue weighted by Gasteiger charge is -2.27. The summed E-state index contributed by atoms with van der Waals surface area (Å²) in [6.07, 6.45) is 1.99. The van der Waals surface area contributed by atoms with Crippen molar-refractivity contribution in [2.75, 3.05) is 37.6 Å². The lowest BCUT2D eigenvalue weighted by atomic mass is 10.1. The molecule has 0 aromatic heterocycles. The maximum Gasteiger partial charge on any atom is 0.123 e. The molecule has 158 valence electrons. The van der Waals surface area contributed by atoms with Crippen LogP contribution in [0.3, 0.4) is 0 Å². The van der Waals surface area contributed by atoms with Crippen molar-refractivity contribution in [3.8, 4) is 0 Å². The first-order valence-corrected chi connectivity index (χ1v) is 11.2. The highest BCUT2D eigenvalue weighted by atomic mass is 35.5. The van der Waals surface area contributed by atoms with E-state index in [0.717, 1.165) is 56.8 Å². The van der Waals surface area contributed by atoms with Gasteiger partial charge in [-0.3, -0.25) is 0 Å². The van der Waals surface area contributed by atoms with Crippen molar-refractivity contribution in [3.63, 3.8) is 0 Å². The molecule has 0 bridgehead atoms. The Bertz CT molecular complexity index is 763. The summed E-state index contributed by atoms with van der Waals surface area (Å²) < 4.78 is 0. The Morgan fingerprint density at radius 1 is 0.793 bits per heavy atom. The molecule has 0 unspecified atom stereocenters. The van der Waals surface area contributed by atoms with Crippen LogP contribution in [0.15, 0.2) is 46.6 Å². The molecule has 0 fully saturated rings. The van der Waals surface area contributed by atoms with Gasteiger partial charge in [0.05, 0.1) is 15.7 Å². The van der Waals surface area contributed by atoms with Crippen molar-refractivity contribution in [1.82, 2.24) is 4.90 Å². The van der Waals surface area contributed by atoms with E-state index in [-0.39, 0.29) is 0 Å². The van der Waals surface area contributed by atoms with Crippen molar-refractivity contribution in [2.45, 2.75) is 40.5 Å². The number of azo groups is 1. The number of anilines is 1. The van der Waals surface area contributed by atoms with Crippen LogP contribution in [0.1, 0.15) is 39.7 Å². The van der Waals surface area contributed by atoms with Gasteiger partial charge < -0.3 is 9.80 Å². The van der Waals surface area contributed by atoms with E-state index in [2.05, 4.69) is 59.9 Å². The number of hydrogen-bond acceptors (Lipinski definition) is 4. The third-order valence-corrected chi connectivity index (χ3v) is 5.63. The number of benzene rings is 2. The molecule has 0 saturated carbocycles. The highest BCUT2D eigenvalue weighted by molar-refractivity contribution is 6.38. The molecule has 0 saturated heterocycles. The second-order valence-corrected chi connectivity index (χ2v) is 7.80. The molecule has 2 rings (SSSR count). The molecule has 0 N–H and O–H groups in total. The van der Waals surface area contributed by atoms with Crippen LogP contribution >= 0.6 is 23.2 Å². The summed E-state index contributed by atoms with van der Waals surface area (Å²) in [6, 6.07) is 12.0. The molecular formula is C23H32Cl2N4. The smallest absolute Gasteiger partial charge is 0.123 e. The van der Waals surface area contributed by atoms with Crippen LogP contribution in [0, 0.1) is 0 Å². The first kappa shape index (κ1) is 23.7. The topological polar surface area (TPSA) is 31.2 Å². The number of halogens is 2. The molecule has 0 aliphatic carbocycles. The Labute approximate surface area is 185 Å². The quantitative estimate of drug-likeness (QED) is 0.342. The molecule has 0 spiro atoms. The SMILES string of the molecule is CCCc1cc(Cl)c(/N=N/c2ccc(N(CC)CCN(CC)CC)cc2)c(Cl)c1. The Kier molecular flexibility index (Phi) is 9.92. The average Bonchev–Trinajstić information content (AvgIpc) is 2.72. The van der Waals surface area contributed by atoms with Gasteiger partial charge in [0, 0.05) is 25.3 Å². The van der Waals surface area contributed by atoms with Gasteiger partial charge in [-0.1, -0.05) is 50.4 Å². The molecule has 0 aliphatic rings. The van der Waals surface area contributed by atoms with E-state index in [1.54, 1.807) is 0 Å². The van der Waals surface area contributed by atoms with Crippen LogP contribution in [-0.2, 0) is 6.42 Å². The van der Waals surface area contributed by atoms with Gasteiger partial charge in [-0.05, 0) is 68.4 Å². The summed E-state index contributed by atoms with van der Waals surface area (Å²) in [7, 11) is 0. The predicted octanol–water partition coefficient (Wildman–Crippen LogP) is 7.53. The average molecular weight is 435 g/mol. The molecule has 0 radical (unpaired) electrons. The third kappa shape index (κ3) is 6.98. The van der Waals surface area contributed by atoms with E-state index in [9.17, 15) is 0 Å². The second-order valence-electron chi connectivity index (χ2n) is 6.98. The van der Waals surface area contributed by atoms with Crippen molar-refractivity contribution >= 4 is 40.3 Å². The zero-order valence-electron chi connectivity index (χ0n) is 18.0. The van der Waals surface area contributed by atoms with Gasteiger partial charge in [-0.15, -0.1) is 5.11 Å². The van der Waals surface area contributed by atoms with Gasteiger partial charge in [0.25, 0.3) is 0 Å². The molecule has 0 heterocycles. The zero-order valence-corrected chi connectivity index (χ0v) is 19.5. The molecule has 0 atom stereocenters. The number of rotatable bonds is 11. The fourth-order valence-electron chi connectivity index (χ4n) is 3.26. The zero-order chi connectivity index (χ0) is 21.2. The predicted molar refractivity (Wildman–Crippen MR) is 127 cm³/mol. The normalized spacial score (nSPS) is 11.6. The summed E-state index contributed by atoms with van der Waals surface area (Å²) in [5.41, 5.74) is 3.61. The first-order valence-electron chi connectivity index (χ1n) is 10.5. The Hall–Kier alpha value is -1.62. The van der Waals surface area contributed by atoms with Gasteiger partial charge >= 0.3 is 0 Å². The Balaban J connectivity index is 2.08.